The van der Waals surface area contributed by atoms with Crippen molar-refractivity contribution in [1.29, 1.82) is 0 Å². The van der Waals surface area contributed by atoms with Gasteiger partial charge >= 0.3 is 0 Å². The summed E-state index contributed by atoms with van der Waals surface area (Å²) in [4.78, 5) is 17.8. The molecule has 0 bridgehead atoms. The van der Waals surface area contributed by atoms with Crippen molar-refractivity contribution in [2.45, 2.75) is 25.7 Å². The normalized spacial score (nSPS) is 19.4. The third kappa shape index (κ3) is 5.27. The van der Waals surface area contributed by atoms with E-state index >= 15 is 0 Å². The highest BCUT2D eigenvalue weighted by atomic mass is 16.7. The lowest BCUT2D eigenvalue weighted by molar-refractivity contribution is 0.0658. The maximum absolute atomic E-state index is 13.2. The van der Waals surface area contributed by atoms with Crippen LogP contribution in [0.1, 0.15) is 35.2 Å². The van der Waals surface area contributed by atoms with Gasteiger partial charge in [-0.2, -0.15) is 0 Å². The van der Waals surface area contributed by atoms with Gasteiger partial charge in [0.25, 0.3) is 5.91 Å². The Morgan fingerprint density at radius 2 is 1.86 bits per heavy atom. The maximum Gasteiger partial charge on any atom is 0.254 e. The number of rotatable bonds is 9. The Balaban J connectivity index is 1.10. The molecule has 3 heterocycles. The molecule has 3 aliphatic rings. The standard InChI is InChI=1S/C27H34N2O6/c1-31-24-13-20-8-11-29(27(30)22(20)15-25(24)32-2)17-19-5-3-9-28(16-19)10-4-12-33-21-6-7-23-26(14-21)35-18-34-23/h6-7,13-15,19H,3-5,8-12,16-18H2,1-2H3. The van der Waals surface area contributed by atoms with Crippen molar-refractivity contribution < 1.29 is 28.5 Å². The van der Waals surface area contributed by atoms with Crippen LogP contribution in [0.4, 0.5) is 0 Å². The Morgan fingerprint density at radius 1 is 1.03 bits per heavy atom. The molecule has 8 nitrogen and oxygen atoms in total. The third-order valence-corrected chi connectivity index (χ3v) is 7.09. The van der Waals surface area contributed by atoms with Crippen molar-refractivity contribution in [2.75, 3.05) is 60.3 Å². The summed E-state index contributed by atoms with van der Waals surface area (Å²) in [6.07, 6.45) is 4.12. The van der Waals surface area contributed by atoms with Crippen molar-refractivity contribution in [3.8, 4) is 28.7 Å². The summed E-state index contributed by atoms with van der Waals surface area (Å²) in [5.74, 6) is 4.20. The van der Waals surface area contributed by atoms with Crippen molar-refractivity contribution in [2.24, 2.45) is 5.92 Å². The van der Waals surface area contributed by atoms with Gasteiger partial charge in [0.1, 0.15) is 5.75 Å². The maximum atomic E-state index is 13.2. The van der Waals surface area contributed by atoms with Gasteiger partial charge in [-0.1, -0.05) is 0 Å². The van der Waals surface area contributed by atoms with Gasteiger partial charge in [0.2, 0.25) is 6.79 Å². The van der Waals surface area contributed by atoms with Gasteiger partial charge in [-0.15, -0.1) is 0 Å². The number of hydrogen-bond donors (Lipinski definition) is 0. The fourth-order valence-corrected chi connectivity index (χ4v) is 5.29. The first-order valence-corrected chi connectivity index (χ1v) is 12.4. The lowest BCUT2D eigenvalue weighted by Crippen LogP contribution is -2.45. The molecular formula is C27H34N2O6. The summed E-state index contributed by atoms with van der Waals surface area (Å²) in [5.41, 5.74) is 1.78. The minimum atomic E-state index is 0.0986. The molecule has 3 aliphatic heterocycles. The second-order valence-corrected chi connectivity index (χ2v) is 9.39. The fourth-order valence-electron chi connectivity index (χ4n) is 5.29. The van der Waals surface area contributed by atoms with E-state index in [0.29, 0.717) is 24.0 Å². The van der Waals surface area contributed by atoms with Crippen molar-refractivity contribution in [1.82, 2.24) is 9.80 Å². The number of amides is 1. The summed E-state index contributed by atoms with van der Waals surface area (Å²) >= 11 is 0. The molecule has 5 rings (SSSR count). The van der Waals surface area contributed by atoms with Crippen LogP contribution in [0.2, 0.25) is 0 Å². The zero-order valence-electron chi connectivity index (χ0n) is 20.6. The average molecular weight is 483 g/mol. The van der Waals surface area contributed by atoms with E-state index in [4.69, 9.17) is 23.7 Å². The molecule has 0 saturated carbocycles. The van der Waals surface area contributed by atoms with Gasteiger partial charge in [-0.25, -0.2) is 0 Å². The van der Waals surface area contributed by atoms with E-state index < -0.39 is 0 Å². The number of methoxy groups -OCH3 is 2. The fraction of sp³-hybridized carbons (Fsp3) is 0.519. The molecular weight excluding hydrogens is 448 g/mol. The van der Waals surface area contributed by atoms with Crippen molar-refractivity contribution in [3.63, 3.8) is 0 Å². The lowest BCUT2D eigenvalue weighted by atomic mass is 9.94. The minimum absolute atomic E-state index is 0.0986. The second-order valence-electron chi connectivity index (χ2n) is 9.39. The Labute approximate surface area is 206 Å². The van der Waals surface area contributed by atoms with Gasteiger partial charge in [0, 0.05) is 37.8 Å². The smallest absolute Gasteiger partial charge is 0.254 e. The van der Waals surface area contributed by atoms with Crippen LogP contribution >= 0.6 is 0 Å². The molecule has 35 heavy (non-hydrogen) atoms. The number of hydrogen-bond acceptors (Lipinski definition) is 7. The van der Waals surface area contributed by atoms with Gasteiger partial charge in [-0.3, -0.25) is 4.79 Å². The van der Waals surface area contributed by atoms with Gasteiger partial charge in [-0.05, 0) is 68.0 Å². The molecule has 1 amide bonds. The first-order chi connectivity index (χ1) is 17.1. The SMILES string of the molecule is COc1cc2c(cc1OC)C(=O)N(CC1CCCN(CCCOc3ccc4c(c3)OCO4)C1)CC2. The number of fused-ring (bicyclic) bond motifs is 2. The first-order valence-electron chi connectivity index (χ1n) is 12.4. The number of ether oxygens (including phenoxy) is 5. The number of carbonyl (C=O) groups is 1. The summed E-state index contributed by atoms with van der Waals surface area (Å²) in [6.45, 7) is 5.61. The van der Waals surface area contributed by atoms with Crippen molar-refractivity contribution >= 4 is 5.91 Å². The molecule has 0 aliphatic carbocycles. The van der Waals surface area contributed by atoms with Gasteiger partial charge in [0.15, 0.2) is 23.0 Å². The Kier molecular flexibility index (Phi) is 7.18. The Bertz CT molecular complexity index is 1060. The molecule has 188 valence electrons. The van der Waals surface area contributed by atoms with Crippen LogP contribution in [-0.2, 0) is 6.42 Å². The molecule has 2 aromatic carbocycles. The molecule has 0 radical (unpaired) electrons. The van der Waals surface area contributed by atoms with Crippen LogP contribution in [0.25, 0.3) is 0 Å². The molecule has 1 unspecified atom stereocenters. The van der Waals surface area contributed by atoms with Crippen LogP contribution < -0.4 is 23.7 Å². The molecule has 1 saturated heterocycles. The van der Waals surface area contributed by atoms with Crippen LogP contribution in [0, 0.1) is 5.92 Å². The van der Waals surface area contributed by atoms with Crippen LogP contribution in [0.15, 0.2) is 30.3 Å². The topological polar surface area (TPSA) is 69.7 Å². The zero-order valence-corrected chi connectivity index (χ0v) is 20.6. The van der Waals surface area contributed by atoms with Gasteiger partial charge in [0.05, 0.1) is 20.8 Å². The van der Waals surface area contributed by atoms with E-state index in [1.807, 2.05) is 35.2 Å². The third-order valence-electron chi connectivity index (χ3n) is 7.09. The molecule has 1 fully saturated rings. The zero-order chi connectivity index (χ0) is 24.2. The van der Waals surface area contributed by atoms with E-state index in [9.17, 15) is 4.79 Å². The average Bonchev–Trinajstić information content (AvgIpc) is 3.36. The van der Waals surface area contributed by atoms with E-state index in [-0.39, 0.29) is 12.7 Å². The highest BCUT2D eigenvalue weighted by Gasteiger charge is 2.30. The quantitative estimate of drug-likeness (QED) is 0.506. The number of carbonyl (C=O) groups excluding carboxylic acids is 1. The van der Waals surface area contributed by atoms with E-state index in [1.165, 1.54) is 0 Å². The van der Waals surface area contributed by atoms with E-state index in [1.54, 1.807) is 14.2 Å². The largest absolute Gasteiger partial charge is 0.493 e. The monoisotopic (exact) mass is 482 g/mol. The molecule has 2 aromatic rings. The number of benzene rings is 2. The number of nitrogens with zero attached hydrogens (tertiary/aromatic N) is 2. The molecule has 8 heteroatoms. The summed E-state index contributed by atoms with van der Waals surface area (Å²) in [5, 5.41) is 0. The lowest BCUT2D eigenvalue weighted by Gasteiger charge is -2.37. The summed E-state index contributed by atoms with van der Waals surface area (Å²) < 4.78 is 27.5. The minimum Gasteiger partial charge on any atom is -0.493 e. The summed E-state index contributed by atoms with van der Waals surface area (Å²) in [7, 11) is 3.23. The van der Waals surface area contributed by atoms with E-state index in [2.05, 4.69) is 4.90 Å². The predicted octanol–water partition coefficient (Wildman–Crippen LogP) is 3.61. The van der Waals surface area contributed by atoms with Crippen LogP contribution in [-0.4, -0.2) is 76.1 Å². The Morgan fingerprint density at radius 3 is 2.71 bits per heavy atom. The van der Waals surface area contributed by atoms with Crippen LogP contribution in [0.5, 0.6) is 28.7 Å². The van der Waals surface area contributed by atoms with E-state index in [0.717, 1.165) is 86.8 Å². The molecule has 0 spiro atoms. The predicted molar refractivity (Wildman–Crippen MR) is 131 cm³/mol. The highest BCUT2D eigenvalue weighted by Crippen LogP contribution is 2.35. The second kappa shape index (κ2) is 10.6. The summed E-state index contributed by atoms with van der Waals surface area (Å²) in [6, 6.07) is 9.47. The molecule has 1 atom stereocenters. The van der Waals surface area contributed by atoms with Crippen LogP contribution in [0.3, 0.4) is 0 Å². The first kappa shape index (κ1) is 23.6. The highest BCUT2D eigenvalue weighted by molar-refractivity contribution is 5.97. The Hall–Kier alpha value is -3.13. The number of piperidine rings is 1. The number of likely N-dealkylation sites (tertiary alicyclic amines) is 1. The van der Waals surface area contributed by atoms with Gasteiger partial charge < -0.3 is 33.5 Å². The van der Waals surface area contributed by atoms with Crippen molar-refractivity contribution in [3.05, 3.63) is 41.5 Å². The molecule has 0 aromatic heterocycles. The molecule has 0 N–H and O–H groups in total.